The van der Waals surface area contributed by atoms with Crippen LogP contribution in [0.4, 0.5) is 0 Å². The first kappa shape index (κ1) is 21.3. The molecule has 0 saturated heterocycles. The van der Waals surface area contributed by atoms with Crippen molar-refractivity contribution < 1.29 is 9.21 Å². The molecule has 0 aliphatic heterocycles. The number of benzene rings is 2. The normalized spacial score (nSPS) is 13.4. The molecule has 0 unspecified atom stereocenters. The van der Waals surface area contributed by atoms with Crippen LogP contribution in [0.2, 0.25) is 5.02 Å². The highest BCUT2D eigenvalue weighted by Gasteiger charge is 2.36. The van der Waals surface area contributed by atoms with Crippen molar-refractivity contribution >= 4 is 28.3 Å². The van der Waals surface area contributed by atoms with Gasteiger partial charge in [0.15, 0.2) is 5.69 Å². The molecular formula is C24H22ClN5O3. The molecule has 0 spiro atoms. The molecule has 1 saturated carbocycles. The maximum Gasteiger partial charge on any atom is 0.275 e. The molecule has 9 heteroatoms. The zero-order valence-electron chi connectivity index (χ0n) is 18.1. The minimum Gasteiger partial charge on any atom is -0.419 e. The van der Waals surface area contributed by atoms with E-state index in [1.165, 1.54) is 4.68 Å². The maximum absolute atomic E-state index is 13.7. The van der Waals surface area contributed by atoms with Crippen LogP contribution in [-0.4, -0.2) is 36.8 Å². The van der Waals surface area contributed by atoms with Gasteiger partial charge in [0, 0.05) is 18.0 Å². The minimum atomic E-state index is -0.254. The van der Waals surface area contributed by atoms with Gasteiger partial charge in [-0.2, -0.15) is 5.10 Å². The predicted octanol–water partition coefficient (Wildman–Crippen LogP) is 4.31. The van der Waals surface area contributed by atoms with Crippen molar-refractivity contribution in [3.8, 4) is 11.5 Å². The SMILES string of the molecule is CCCn1nc(C(=O)N(Cc2nnc(-c3ccccc3Cl)o2)C2CC2)c2ccccc2c1=O. The number of halogens is 1. The molecule has 0 radical (unpaired) electrons. The fourth-order valence-corrected chi connectivity index (χ4v) is 4.07. The van der Waals surface area contributed by atoms with E-state index < -0.39 is 0 Å². The van der Waals surface area contributed by atoms with Crippen LogP contribution in [0.5, 0.6) is 0 Å². The molecule has 0 bridgehead atoms. The van der Waals surface area contributed by atoms with Gasteiger partial charge in [0.05, 0.1) is 22.5 Å². The fraction of sp³-hybridized carbons (Fsp3) is 0.292. The van der Waals surface area contributed by atoms with E-state index in [0.717, 1.165) is 19.3 Å². The second-order valence-electron chi connectivity index (χ2n) is 8.07. The van der Waals surface area contributed by atoms with E-state index >= 15 is 0 Å². The number of amides is 1. The number of rotatable bonds is 7. The summed E-state index contributed by atoms with van der Waals surface area (Å²) >= 11 is 6.24. The summed E-state index contributed by atoms with van der Waals surface area (Å²) in [6.07, 6.45) is 2.52. The summed E-state index contributed by atoms with van der Waals surface area (Å²) < 4.78 is 7.22. The molecular weight excluding hydrogens is 442 g/mol. The average molecular weight is 464 g/mol. The standard InChI is InChI=1S/C24H22ClN5O3/c1-2-13-30-23(31)17-8-4-3-7-16(17)21(28-30)24(32)29(15-11-12-15)14-20-26-27-22(33-20)18-9-5-6-10-19(18)25/h3-10,15H,2,11-14H2,1H3. The number of fused-ring (bicyclic) bond motifs is 1. The first-order valence-electron chi connectivity index (χ1n) is 10.9. The highest BCUT2D eigenvalue weighted by Crippen LogP contribution is 2.31. The van der Waals surface area contributed by atoms with Gasteiger partial charge in [0.25, 0.3) is 11.5 Å². The van der Waals surface area contributed by atoms with Gasteiger partial charge in [0.1, 0.15) is 0 Å². The lowest BCUT2D eigenvalue weighted by Crippen LogP contribution is -2.35. The molecule has 1 aliphatic carbocycles. The smallest absolute Gasteiger partial charge is 0.275 e. The summed E-state index contributed by atoms with van der Waals surface area (Å²) in [5, 5.41) is 14.3. The van der Waals surface area contributed by atoms with E-state index in [1.807, 2.05) is 19.1 Å². The average Bonchev–Trinajstić information content (AvgIpc) is 3.57. The van der Waals surface area contributed by atoms with E-state index in [-0.39, 0.29) is 29.7 Å². The van der Waals surface area contributed by atoms with Crippen LogP contribution < -0.4 is 5.56 Å². The Morgan fingerprint density at radius 1 is 1.12 bits per heavy atom. The summed E-state index contributed by atoms with van der Waals surface area (Å²) in [6.45, 7) is 2.57. The number of carbonyl (C=O) groups is 1. The summed E-state index contributed by atoms with van der Waals surface area (Å²) in [7, 11) is 0. The van der Waals surface area contributed by atoms with Crippen molar-refractivity contribution in [1.82, 2.24) is 24.9 Å². The van der Waals surface area contributed by atoms with Crippen molar-refractivity contribution in [2.24, 2.45) is 0 Å². The number of carbonyl (C=O) groups excluding carboxylic acids is 1. The van der Waals surface area contributed by atoms with Crippen molar-refractivity contribution in [3.05, 3.63) is 75.5 Å². The summed E-state index contributed by atoms with van der Waals surface area (Å²) in [5.74, 6) is 0.367. The van der Waals surface area contributed by atoms with Crippen LogP contribution in [0.3, 0.4) is 0 Å². The number of nitrogens with zero attached hydrogens (tertiary/aromatic N) is 5. The van der Waals surface area contributed by atoms with Gasteiger partial charge < -0.3 is 9.32 Å². The fourth-order valence-electron chi connectivity index (χ4n) is 3.85. The third kappa shape index (κ3) is 4.14. The van der Waals surface area contributed by atoms with Crippen molar-refractivity contribution in [1.29, 1.82) is 0 Å². The van der Waals surface area contributed by atoms with Gasteiger partial charge >= 0.3 is 0 Å². The van der Waals surface area contributed by atoms with Crippen LogP contribution in [-0.2, 0) is 13.1 Å². The molecule has 0 N–H and O–H groups in total. The zero-order chi connectivity index (χ0) is 22.9. The van der Waals surface area contributed by atoms with Crippen molar-refractivity contribution in [2.75, 3.05) is 0 Å². The molecule has 1 fully saturated rings. The molecule has 8 nitrogen and oxygen atoms in total. The van der Waals surface area contributed by atoms with Gasteiger partial charge in [0.2, 0.25) is 11.8 Å². The first-order chi connectivity index (χ1) is 16.1. The minimum absolute atomic E-state index is 0.0697. The lowest BCUT2D eigenvalue weighted by molar-refractivity contribution is 0.0708. The Kier molecular flexibility index (Phi) is 5.68. The molecule has 4 aromatic rings. The van der Waals surface area contributed by atoms with Gasteiger partial charge in [-0.3, -0.25) is 9.59 Å². The second kappa shape index (κ2) is 8.78. The summed E-state index contributed by atoms with van der Waals surface area (Å²) in [6, 6.07) is 14.4. The quantitative estimate of drug-likeness (QED) is 0.405. The molecule has 2 heterocycles. The third-order valence-corrected chi connectivity index (χ3v) is 5.96. The van der Waals surface area contributed by atoms with Crippen LogP contribution in [0.25, 0.3) is 22.2 Å². The molecule has 0 atom stereocenters. The van der Waals surface area contributed by atoms with E-state index in [2.05, 4.69) is 15.3 Å². The van der Waals surface area contributed by atoms with Crippen LogP contribution in [0.1, 0.15) is 42.6 Å². The van der Waals surface area contributed by atoms with E-state index in [9.17, 15) is 9.59 Å². The monoisotopic (exact) mass is 463 g/mol. The van der Waals surface area contributed by atoms with Crippen molar-refractivity contribution in [3.63, 3.8) is 0 Å². The van der Waals surface area contributed by atoms with Crippen LogP contribution in [0.15, 0.2) is 57.7 Å². The molecule has 1 amide bonds. The van der Waals surface area contributed by atoms with E-state index in [0.29, 0.717) is 39.7 Å². The topological polar surface area (TPSA) is 94.1 Å². The largest absolute Gasteiger partial charge is 0.419 e. The highest BCUT2D eigenvalue weighted by molar-refractivity contribution is 6.33. The van der Waals surface area contributed by atoms with E-state index in [1.54, 1.807) is 41.3 Å². The lowest BCUT2D eigenvalue weighted by Gasteiger charge is -2.21. The summed E-state index contributed by atoms with van der Waals surface area (Å²) in [5.41, 5.74) is 0.709. The molecule has 33 heavy (non-hydrogen) atoms. The molecule has 2 aromatic carbocycles. The maximum atomic E-state index is 13.7. The Labute approximate surface area is 194 Å². The number of hydrogen-bond acceptors (Lipinski definition) is 6. The Balaban J connectivity index is 1.50. The van der Waals surface area contributed by atoms with Crippen LogP contribution >= 0.6 is 11.6 Å². The van der Waals surface area contributed by atoms with Gasteiger partial charge in [-0.1, -0.05) is 48.9 Å². The summed E-state index contributed by atoms with van der Waals surface area (Å²) in [4.78, 5) is 28.2. The molecule has 168 valence electrons. The van der Waals surface area contributed by atoms with Crippen LogP contribution in [0, 0.1) is 0 Å². The number of aryl methyl sites for hydroxylation is 1. The van der Waals surface area contributed by atoms with Gasteiger partial charge in [-0.25, -0.2) is 4.68 Å². The first-order valence-corrected chi connectivity index (χ1v) is 11.3. The van der Waals surface area contributed by atoms with Gasteiger partial charge in [-0.05, 0) is 37.5 Å². The Bertz CT molecular complexity index is 1390. The molecule has 1 aliphatic rings. The predicted molar refractivity (Wildman–Crippen MR) is 124 cm³/mol. The Morgan fingerprint density at radius 3 is 2.58 bits per heavy atom. The second-order valence-corrected chi connectivity index (χ2v) is 8.47. The molecule has 5 rings (SSSR count). The zero-order valence-corrected chi connectivity index (χ0v) is 18.8. The third-order valence-electron chi connectivity index (χ3n) is 5.63. The number of aromatic nitrogens is 4. The lowest BCUT2D eigenvalue weighted by atomic mass is 10.1. The Hall–Kier alpha value is -3.52. The number of hydrogen-bond donors (Lipinski definition) is 0. The highest BCUT2D eigenvalue weighted by atomic mass is 35.5. The molecule has 2 aromatic heterocycles. The van der Waals surface area contributed by atoms with E-state index in [4.69, 9.17) is 16.0 Å². The van der Waals surface area contributed by atoms with Gasteiger partial charge in [-0.15, -0.1) is 10.2 Å². The Morgan fingerprint density at radius 2 is 1.85 bits per heavy atom. The van der Waals surface area contributed by atoms with Crippen molar-refractivity contribution in [2.45, 2.75) is 45.3 Å².